The average Bonchev–Trinajstić information content (AvgIpc) is 3.50. The van der Waals surface area contributed by atoms with E-state index < -0.39 is 0 Å². The molecule has 5 heteroatoms. The van der Waals surface area contributed by atoms with Crippen molar-refractivity contribution >= 4 is 12.6 Å². The van der Waals surface area contributed by atoms with Gasteiger partial charge < -0.3 is 19.9 Å². The first-order valence-corrected chi connectivity index (χ1v) is 12.4. The van der Waals surface area contributed by atoms with Crippen molar-refractivity contribution in [2.75, 3.05) is 33.0 Å². The monoisotopic (exact) mass is 447 g/mol. The Labute approximate surface area is 194 Å². The summed E-state index contributed by atoms with van der Waals surface area (Å²) in [5.41, 5.74) is 6.31. The third-order valence-corrected chi connectivity index (χ3v) is 7.42. The van der Waals surface area contributed by atoms with Gasteiger partial charge in [0.05, 0.1) is 32.5 Å². The molecule has 3 rings (SSSR count). The number of benzene rings is 1. The van der Waals surface area contributed by atoms with Crippen LogP contribution < -0.4 is 10.5 Å². The van der Waals surface area contributed by atoms with Gasteiger partial charge in [-0.05, 0) is 56.2 Å². The standard InChI is InChI=1S/C26H41NO3S/c1-20(26(2)18-28-19-26)22(16-27)17-30-24-15-21(24)11-7-5-3-4-6-10-14-29-23-12-8-9-13-25(23)31/h7-9,11-13,20-22,24,31H,3-6,10,14-19,27H2,1-2H3/b11-7-. The zero-order valence-corrected chi connectivity index (χ0v) is 20.2. The number of nitrogens with two attached hydrogens (primary N) is 1. The highest BCUT2D eigenvalue weighted by Gasteiger charge is 2.43. The van der Waals surface area contributed by atoms with Crippen molar-refractivity contribution in [1.82, 2.24) is 0 Å². The quantitative estimate of drug-likeness (QED) is 0.211. The molecule has 1 aliphatic heterocycles. The van der Waals surface area contributed by atoms with E-state index in [4.69, 9.17) is 19.9 Å². The van der Waals surface area contributed by atoms with Crippen LogP contribution >= 0.6 is 12.6 Å². The van der Waals surface area contributed by atoms with E-state index in [2.05, 4.69) is 38.6 Å². The number of hydrogen-bond acceptors (Lipinski definition) is 5. The van der Waals surface area contributed by atoms with E-state index in [-0.39, 0.29) is 5.41 Å². The highest BCUT2D eigenvalue weighted by Crippen LogP contribution is 2.41. The molecule has 1 aliphatic carbocycles. The number of hydrogen-bond donors (Lipinski definition) is 2. The molecule has 4 atom stereocenters. The lowest BCUT2D eigenvalue weighted by atomic mass is 9.70. The predicted octanol–water partition coefficient (Wildman–Crippen LogP) is 5.51. The maximum Gasteiger partial charge on any atom is 0.132 e. The van der Waals surface area contributed by atoms with Gasteiger partial charge in [-0.2, -0.15) is 0 Å². The summed E-state index contributed by atoms with van der Waals surface area (Å²) in [6.45, 7) is 8.56. The number of unbranched alkanes of at least 4 members (excludes halogenated alkanes) is 4. The predicted molar refractivity (Wildman–Crippen MR) is 130 cm³/mol. The van der Waals surface area contributed by atoms with Crippen LogP contribution in [0, 0.1) is 23.2 Å². The van der Waals surface area contributed by atoms with Crippen LogP contribution in [0.3, 0.4) is 0 Å². The van der Waals surface area contributed by atoms with Crippen molar-refractivity contribution in [2.24, 2.45) is 28.9 Å². The van der Waals surface area contributed by atoms with E-state index in [1.54, 1.807) is 0 Å². The van der Waals surface area contributed by atoms with E-state index in [1.165, 1.54) is 19.3 Å². The maximum absolute atomic E-state index is 6.18. The molecule has 1 aromatic rings. The van der Waals surface area contributed by atoms with Gasteiger partial charge in [-0.1, -0.05) is 51.0 Å². The van der Waals surface area contributed by atoms with Crippen molar-refractivity contribution in [3.8, 4) is 5.75 Å². The average molecular weight is 448 g/mol. The Morgan fingerprint density at radius 3 is 2.71 bits per heavy atom. The van der Waals surface area contributed by atoms with E-state index >= 15 is 0 Å². The minimum Gasteiger partial charge on any atom is -0.492 e. The first kappa shape index (κ1) is 24.6. The SMILES string of the molecule is CC(C(CN)COC1CC1/C=C\CCCCCCOc1ccccc1S)C1(C)COC1. The van der Waals surface area contributed by atoms with Crippen LogP contribution in [0.2, 0.25) is 0 Å². The molecule has 0 bridgehead atoms. The van der Waals surface area contributed by atoms with E-state index in [0.717, 1.165) is 56.3 Å². The zero-order valence-electron chi connectivity index (χ0n) is 19.3. The smallest absolute Gasteiger partial charge is 0.132 e. The molecule has 1 heterocycles. The molecule has 1 saturated carbocycles. The summed E-state index contributed by atoms with van der Waals surface area (Å²) >= 11 is 4.41. The zero-order chi connectivity index (χ0) is 22.1. The van der Waals surface area contributed by atoms with Crippen molar-refractivity contribution in [3.05, 3.63) is 36.4 Å². The van der Waals surface area contributed by atoms with Crippen LogP contribution in [0.15, 0.2) is 41.3 Å². The number of ether oxygens (including phenoxy) is 3. The molecule has 2 fully saturated rings. The molecule has 1 aromatic carbocycles. The molecular weight excluding hydrogens is 406 g/mol. The van der Waals surface area contributed by atoms with Gasteiger partial charge in [0.15, 0.2) is 0 Å². The van der Waals surface area contributed by atoms with Crippen molar-refractivity contribution in [3.63, 3.8) is 0 Å². The van der Waals surface area contributed by atoms with Gasteiger partial charge in [0.2, 0.25) is 0 Å². The Hall–Kier alpha value is -1.01. The Kier molecular flexibility index (Phi) is 9.76. The first-order valence-electron chi connectivity index (χ1n) is 12.0. The Bertz CT molecular complexity index is 691. The van der Waals surface area contributed by atoms with Gasteiger partial charge in [0, 0.05) is 16.2 Å². The van der Waals surface area contributed by atoms with Crippen LogP contribution in [0.5, 0.6) is 5.75 Å². The largest absolute Gasteiger partial charge is 0.492 e. The van der Waals surface area contributed by atoms with Gasteiger partial charge in [-0.15, -0.1) is 12.6 Å². The highest BCUT2D eigenvalue weighted by atomic mass is 32.1. The molecule has 2 N–H and O–H groups in total. The molecule has 1 saturated heterocycles. The summed E-state index contributed by atoms with van der Waals surface area (Å²) in [5, 5.41) is 0. The van der Waals surface area contributed by atoms with Gasteiger partial charge >= 0.3 is 0 Å². The number of para-hydroxylation sites is 1. The summed E-state index contributed by atoms with van der Waals surface area (Å²) in [7, 11) is 0. The van der Waals surface area contributed by atoms with Crippen LogP contribution in [0.4, 0.5) is 0 Å². The summed E-state index contributed by atoms with van der Waals surface area (Å²) in [6, 6.07) is 7.89. The van der Waals surface area contributed by atoms with Crippen molar-refractivity contribution < 1.29 is 14.2 Å². The summed E-state index contributed by atoms with van der Waals surface area (Å²) in [4.78, 5) is 0.908. The summed E-state index contributed by atoms with van der Waals surface area (Å²) < 4.78 is 17.4. The number of rotatable bonds is 15. The molecule has 0 radical (unpaired) electrons. The summed E-state index contributed by atoms with van der Waals surface area (Å²) in [5.74, 6) is 2.45. The second-order valence-corrected chi connectivity index (χ2v) is 10.1. The van der Waals surface area contributed by atoms with Gasteiger partial charge in [0.1, 0.15) is 5.75 Å². The van der Waals surface area contributed by atoms with E-state index in [0.29, 0.717) is 30.4 Å². The summed E-state index contributed by atoms with van der Waals surface area (Å²) in [6.07, 6.45) is 12.2. The molecule has 0 amide bonds. The molecule has 2 aliphatic rings. The minimum absolute atomic E-state index is 0.277. The fraction of sp³-hybridized carbons (Fsp3) is 0.692. The Balaban J connectivity index is 1.18. The lowest BCUT2D eigenvalue weighted by molar-refractivity contribution is -0.146. The topological polar surface area (TPSA) is 53.7 Å². The number of allylic oxidation sites excluding steroid dienone is 1. The van der Waals surface area contributed by atoms with Gasteiger partial charge in [0.25, 0.3) is 0 Å². The Morgan fingerprint density at radius 2 is 2.00 bits per heavy atom. The van der Waals surface area contributed by atoms with Crippen LogP contribution in [0.25, 0.3) is 0 Å². The fourth-order valence-corrected chi connectivity index (χ4v) is 4.48. The molecule has 174 valence electrons. The minimum atomic E-state index is 0.277. The second-order valence-electron chi connectivity index (χ2n) is 9.65. The maximum atomic E-state index is 6.18. The molecule has 4 nitrogen and oxygen atoms in total. The lowest BCUT2D eigenvalue weighted by Crippen LogP contribution is -2.49. The van der Waals surface area contributed by atoms with Crippen LogP contribution in [-0.4, -0.2) is 39.1 Å². The van der Waals surface area contributed by atoms with Crippen LogP contribution in [-0.2, 0) is 9.47 Å². The normalized spacial score (nSPS) is 24.0. The number of thiol groups is 1. The first-order chi connectivity index (χ1) is 15.0. The molecular formula is C26H41NO3S. The fourth-order valence-electron chi connectivity index (χ4n) is 4.25. The third-order valence-electron chi connectivity index (χ3n) is 7.05. The second kappa shape index (κ2) is 12.3. The Morgan fingerprint density at radius 1 is 1.23 bits per heavy atom. The molecule has 4 unspecified atom stereocenters. The van der Waals surface area contributed by atoms with E-state index in [1.807, 2.05) is 24.3 Å². The lowest BCUT2D eigenvalue weighted by Gasteiger charge is -2.46. The van der Waals surface area contributed by atoms with Gasteiger partial charge in [-0.3, -0.25) is 0 Å². The van der Waals surface area contributed by atoms with Crippen molar-refractivity contribution in [2.45, 2.75) is 63.4 Å². The third kappa shape index (κ3) is 7.52. The molecule has 0 spiro atoms. The highest BCUT2D eigenvalue weighted by molar-refractivity contribution is 7.80. The molecule has 0 aromatic heterocycles. The van der Waals surface area contributed by atoms with Gasteiger partial charge in [-0.25, -0.2) is 0 Å². The van der Waals surface area contributed by atoms with Crippen LogP contribution in [0.1, 0.15) is 52.4 Å². The van der Waals surface area contributed by atoms with E-state index in [9.17, 15) is 0 Å². The molecule has 31 heavy (non-hydrogen) atoms. The van der Waals surface area contributed by atoms with Crippen molar-refractivity contribution in [1.29, 1.82) is 0 Å².